The van der Waals surface area contributed by atoms with Crippen molar-refractivity contribution in [1.82, 2.24) is 0 Å². The van der Waals surface area contributed by atoms with Crippen molar-refractivity contribution in [3.63, 3.8) is 0 Å². The lowest BCUT2D eigenvalue weighted by Crippen LogP contribution is -2.18. The van der Waals surface area contributed by atoms with Crippen molar-refractivity contribution >= 4 is 35.0 Å². The summed E-state index contributed by atoms with van der Waals surface area (Å²) < 4.78 is 21.7. The lowest BCUT2D eigenvalue weighted by atomic mass is 10.1. The van der Waals surface area contributed by atoms with Crippen molar-refractivity contribution in [2.45, 2.75) is 20.0 Å². The molecule has 1 N–H and O–H groups in total. The zero-order valence-electron chi connectivity index (χ0n) is 18.0. The first-order valence-corrected chi connectivity index (χ1v) is 10.2. The van der Waals surface area contributed by atoms with Crippen LogP contribution < -0.4 is 24.3 Å². The minimum atomic E-state index is -0.852. The highest BCUT2D eigenvalue weighted by Crippen LogP contribution is 2.40. The lowest BCUT2D eigenvalue weighted by Gasteiger charge is -2.19. The van der Waals surface area contributed by atoms with Gasteiger partial charge in [0.1, 0.15) is 30.5 Å². The van der Waals surface area contributed by atoms with Gasteiger partial charge in [-0.1, -0.05) is 11.6 Å². The van der Waals surface area contributed by atoms with E-state index in [0.29, 0.717) is 17.1 Å². The molecule has 0 unspecified atom stereocenters. The van der Waals surface area contributed by atoms with Crippen molar-refractivity contribution in [3.05, 3.63) is 50.5 Å². The van der Waals surface area contributed by atoms with Crippen LogP contribution in [0.15, 0.2) is 29.8 Å². The van der Waals surface area contributed by atoms with E-state index in [2.05, 4.69) is 5.32 Å². The fourth-order valence-electron chi connectivity index (χ4n) is 3.01. The van der Waals surface area contributed by atoms with E-state index >= 15 is 0 Å². The van der Waals surface area contributed by atoms with E-state index in [9.17, 15) is 20.2 Å². The van der Waals surface area contributed by atoms with Crippen LogP contribution in [-0.2, 0) is 4.79 Å². The maximum absolute atomic E-state index is 12.8. The number of nitro benzene ring substituents is 1. The minimum Gasteiger partial charge on any atom is -0.493 e. The molecular weight excluding hydrogens is 454 g/mol. The fourth-order valence-corrected chi connectivity index (χ4v) is 3.27. The highest BCUT2D eigenvalue weighted by Gasteiger charge is 2.24. The summed E-state index contributed by atoms with van der Waals surface area (Å²) in [4.78, 5) is 23.6. The first-order valence-electron chi connectivity index (χ1n) is 9.78. The van der Waals surface area contributed by atoms with Crippen LogP contribution in [0.3, 0.4) is 0 Å². The molecule has 33 heavy (non-hydrogen) atoms. The van der Waals surface area contributed by atoms with Crippen LogP contribution in [-0.4, -0.2) is 37.3 Å². The van der Waals surface area contributed by atoms with Gasteiger partial charge in [-0.2, -0.15) is 5.26 Å². The SMILES string of the molecule is COc1cc(/C=C(\C#N)C(=O)Nc2cc3c(cc2[N+](=O)[O-])OCCO3)cc(Cl)c1OC(C)C. The number of benzene rings is 2. The van der Waals surface area contributed by atoms with Crippen molar-refractivity contribution in [1.29, 1.82) is 5.26 Å². The average molecular weight is 474 g/mol. The fraction of sp³-hybridized carbons (Fsp3) is 0.273. The number of nitrogens with one attached hydrogen (secondary N) is 1. The Hall–Kier alpha value is -3.97. The number of halogens is 1. The van der Waals surface area contributed by atoms with Gasteiger partial charge in [-0.25, -0.2) is 0 Å². The van der Waals surface area contributed by atoms with Gasteiger partial charge in [-0.15, -0.1) is 0 Å². The number of nitro groups is 1. The standard InChI is InChI=1S/C22H20ClN3O7/c1-12(2)33-21-15(23)7-13(8-20(21)30-3)6-14(11-24)22(27)25-16-9-18-19(32-5-4-31-18)10-17(16)26(28)29/h6-10,12H,4-5H2,1-3H3,(H,25,27)/b14-6+. The summed E-state index contributed by atoms with van der Waals surface area (Å²) in [5.41, 5.74) is -0.442. The number of rotatable bonds is 7. The predicted molar refractivity (Wildman–Crippen MR) is 120 cm³/mol. The van der Waals surface area contributed by atoms with Gasteiger partial charge in [0.15, 0.2) is 23.0 Å². The number of nitrogens with zero attached hydrogens (tertiary/aromatic N) is 2. The number of fused-ring (bicyclic) bond motifs is 1. The maximum atomic E-state index is 12.8. The van der Waals surface area contributed by atoms with Gasteiger partial charge in [0.25, 0.3) is 11.6 Å². The molecule has 0 aromatic heterocycles. The van der Waals surface area contributed by atoms with Gasteiger partial charge in [0.05, 0.1) is 29.2 Å². The second-order valence-corrected chi connectivity index (χ2v) is 7.50. The minimum absolute atomic E-state index is 0.133. The van der Waals surface area contributed by atoms with E-state index in [1.807, 2.05) is 13.8 Å². The maximum Gasteiger partial charge on any atom is 0.296 e. The average Bonchev–Trinajstić information content (AvgIpc) is 2.77. The molecule has 1 aliphatic heterocycles. The Morgan fingerprint density at radius 1 is 1.27 bits per heavy atom. The molecule has 11 heteroatoms. The van der Waals surface area contributed by atoms with E-state index in [4.69, 9.17) is 30.5 Å². The summed E-state index contributed by atoms with van der Waals surface area (Å²) in [6.45, 7) is 4.18. The van der Waals surface area contributed by atoms with Crippen LogP contribution in [0.4, 0.5) is 11.4 Å². The molecule has 0 saturated carbocycles. The molecule has 0 radical (unpaired) electrons. The molecule has 0 fully saturated rings. The summed E-state index contributed by atoms with van der Waals surface area (Å²) in [7, 11) is 1.44. The predicted octanol–water partition coefficient (Wildman–Crippen LogP) is 4.36. The van der Waals surface area contributed by atoms with Crippen LogP contribution in [0, 0.1) is 21.4 Å². The number of methoxy groups -OCH3 is 1. The van der Waals surface area contributed by atoms with E-state index < -0.39 is 16.5 Å². The van der Waals surface area contributed by atoms with E-state index in [1.165, 1.54) is 25.3 Å². The first kappa shape index (κ1) is 23.7. The van der Waals surface area contributed by atoms with E-state index in [-0.39, 0.29) is 47.1 Å². The number of ether oxygens (including phenoxy) is 4. The molecule has 1 amide bonds. The molecule has 0 saturated heterocycles. The van der Waals surface area contributed by atoms with E-state index in [1.54, 1.807) is 12.1 Å². The molecular formula is C22H20ClN3O7. The number of hydrogen-bond acceptors (Lipinski definition) is 8. The third-order valence-corrected chi connectivity index (χ3v) is 4.67. The number of nitriles is 1. The molecule has 1 aliphatic rings. The summed E-state index contributed by atoms with van der Waals surface area (Å²) in [6, 6.07) is 7.32. The van der Waals surface area contributed by atoms with Crippen molar-refractivity contribution in [2.75, 3.05) is 25.6 Å². The second kappa shape index (κ2) is 10.1. The van der Waals surface area contributed by atoms with Gasteiger partial charge in [0.2, 0.25) is 0 Å². The number of amides is 1. The molecule has 172 valence electrons. The highest BCUT2D eigenvalue weighted by atomic mass is 35.5. The monoisotopic (exact) mass is 473 g/mol. The second-order valence-electron chi connectivity index (χ2n) is 7.09. The number of anilines is 1. The lowest BCUT2D eigenvalue weighted by molar-refractivity contribution is -0.384. The van der Waals surface area contributed by atoms with Crippen molar-refractivity contribution < 1.29 is 28.7 Å². The van der Waals surface area contributed by atoms with Crippen molar-refractivity contribution in [3.8, 4) is 29.1 Å². The Bertz CT molecular complexity index is 1170. The Labute approximate surface area is 194 Å². The van der Waals surface area contributed by atoms with E-state index in [0.717, 1.165) is 6.07 Å². The molecule has 2 aromatic carbocycles. The van der Waals surface area contributed by atoms with Crippen LogP contribution in [0.1, 0.15) is 19.4 Å². The topological polar surface area (TPSA) is 133 Å². The number of hydrogen-bond donors (Lipinski definition) is 1. The largest absolute Gasteiger partial charge is 0.493 e. The molecule has 0 atom stereocenters. The molecule has 0 spiro atoms. The summed E-state index contributed by atoms with van der Waals surface area (Å²) in [5, 5.41) is 23.6. The Morgan fingerprint density at radius 2 is 1.94 bits per heavy atom. The molecule has 1 heterocycles. The summed E-state index contributed by atoms with van der Waals surface area (Å²) >= 11 is 6.30. The van der Waals surface area contributed by atoms with Crippen LogP contribution in [0.5, 0.6) is 23.0 Å². The Balaban J connectivity index is 1.93. The Morgan fingerprint density at radius 3 is 2.52 bits per heavy atom. The van der Waals surface area contributed by atoms with Crippen LogP contribution in [0.2, 0.25) is 5.02 Å². The molecule has 0 aliphatic carbocycles. The normalized spacial score (nSPS) is 12.7. The van der Waals surface area contributed by atoms with Crippen LogP contribution in [0.25, 0.3) is 6.08 Å². The Kier molecular flexibility index (Phi) is 7.25. The first-order chi connectivity index (χ1) is 15.7. The number of carbonyl (C=O) groups is 1. The molecule has 3 rings (SSSR count). The molecule has 2 aromatic rings. The summed E-state index contributed by atoms with van der Waals surface area (Å²) in [5.74, 6) is 0.257. The van der Waals surface area contributed by atoms with Gasteiger partial charge in [-0.05, 0) is 37.6 Å². The smallest absolute Gasteiger partial charge is 0.296 e. The van der Waals surface area contributed by atoms with Gasteiger partial charge in [-0.3, -0.25) is 14.9 Å². The quantitative estimate of drug-likeness (QED) is 0.271. The van der Waals surface area contributed by atoms with Crippen LogP contribution >= 0.6 is 11.6 Å². The van der Waals surface area contributed by atoms with Crippen molar-refractivity contribution in [2.24, 2.45) is 0 Å². The zero-order valence-corrected chi connectivity index (χ0v) is 18.8. The number of carbonyl (C=O) groups excluding carboxylic acids is 1. The summed E-state index contributed by atoms with van der Waals surface area (Å²) in [6.07, 6.45) is 1.13. The molecule has 10 nitrogen and oxygen atoms in total. The van der Waals surface area contributed by atoms with Gasteiger partial charge in [0, 0.05) is 6.07 Å². The van der Waals surface area contributed by atoms with Gasteiger partial charge < -0.3 is 24.3 Å². The highest BCUT2D eigenvalue weighted by molar-refractivity contribution is 6.32. The zero-order chi connectivity index (χ0) is 24.1. The third kappa shape index (κ3) is 5.45. The van der Waals surface area contributed by atoms with Gasteiger partial charge >= 0.3 is 0 Å². The molecule has 0 bridgehead atoms. The third-order valence-electron chi connectivity index (χ3n) is 4.39.